The van der Waals surface area contributed by atoms with E-state index >= 15 is 0 Å². The summed E-state index contributed by atoms with van der Waals surface area (Å²) in [6.07, 6.45) is 1.66. The summed E-state index contributed by atoms with van der Waals surface area (Å²) < 4.78 is 11.7. The number of imide groups is 1. The monoisotopic (exact) mass is 558 g/mol. The second-order valence-corrected chi connectivity index (χ2v) is 11.1. The van der Waals surface area contributed by atoms with E-state index in [1.807, 2.05) is 63.2 Å². The van der Waals surface area contributed by atoms with Gasteiger partial charge >= 0.3 is 0 Å². The fourth-order valence-electron chi connectivity index (χ4n) is 4.32. The number of hydrogen-bond donors (Lipinski definition) is 1. The van der Waals surface area contributed by atoms with E-state index in [0.717, 1.165) is 45.5 Å². The van der Waals surface area contributed by atoms with Crippen LogP contribution in [0.2, 0.25) is 0 Å². The predicted octanol–water partition coefficient (Wildman–Crippen LogP) is 6.87. The van der Waals surface area contributed by atoms with Gasteiger partial charge in [-0.05, 0) is 91.0 Å². The maximum atomic E-state index is 13.0. The fraction of sp³-hybridized carbons (Fsp3) is 0.281. The van der Waals surface area contributed by atoms with Gasteiger partial charge in [0.25, 0.3) is 17.1 Å². The van der Waals surface area contributed by atoms with Gasteiger partial charge in [-0.3, -0.25) is 19.3 Å². The van der Waals surface area contributed by atoms with Crippen LogP contribution in [0.25, 0.3) is 6.08 Å². The van der Waals surface area contributed by atoms with Gasteiger partial charge in [-0.2, -0.15) is 0 Å². The summed E-state index contributed by atoms with van der Waals surface area (Å²) in [7, 11) is 0. The van der Waals surface area contributed by atoms with Gasteiger partial charge in [-0.1, -0.05) is 55.8 Å². The Bertz CT molecular complexity index is 1460. The number of thioether (sulfide) groups is 1. The molecule has 3 amide bonds. The van der Waals surface area contributed by atoms with Gasteiger partial charge in [-0.25, -0.2) is 0 Å². The van der Waals surface area contributed by atoms with Gasteiger partial charge in [0.2, 0.25) is 0 Å². The lowest BCUT2D eigenvalue weighted by Crippen LogP contribution is -2.32. The first-order chi connectivity index (χ1) is 19.1. The number of carbonyl (C=O) groups excluding carboxylic acids is 3. The molecule has 0 aliphatic carbocycles. The van der Waals surface area contributed by atoms with Crippen molar-refractivity contribution >= 4 is 40.6 Å². The maximum absolute atomic E-state index is 13.0. The van der Waals surface area contributed by atoms with Crippen molar-refractivity contribution in [3.8, 4) is 11.5 Å². The molecule has 1 saturated heterocycles. The van der Waals surface area contributed by atoms with Crippen LogP contribution in [0.1, 0.15) is 47.6 Å². The molecule has 0 radical (unpaired) electrons. The van der Waals surface area contributed by atoms with Crippen LogP contribution in [0.4, 0.5) is 10.5 Å². The molecule has 3 aromatic carbocycles. The number of amides is 3. The highest BCUT2D eigenvalue weighted by atomic mass is 32.2. The number of carbonyl (C=O) groups is 3. The summed E-state index contributed by atoms with van der Waals surface area (Å²) in [5.74, 6) is 0.925. The van der Waals surface area contributed by atoms with E-state index in [9.17, 15) is 14.4 Å². The van der Waals surface area contributed by atoms with Gasteiger partial charge in [0.1, 0.15) is 18.1 Å². The Morgan fingerprint density at radius 1 is 0.975 bits per heavy atom. The second kappa shape index (κ2) is 12.9. The minimum absolute atomic E-state index is 0.159. The van der Waals surface area contributed by atoms with Crippen molar-refractivity contribution < 1.29 is 23.9 Å². The van der Waals surface area contributed by atoms with Crippen LogP contribution in [0.15, 0.2) is 65.6 Å². The van der Waals surface area contributed by atoms with Gasteiger partial charge in [0, 0.05) is 5.69 Å². The zero-order valence-electron chi connectivity index (χ0n) is 23.4. The molecular weight excluding hydrogens is 524 g/mol. The molecule has 1 N–H and O–H groups in total. The number of rotatable bonds is 10. The van der Waals surface area contributed by atoms with Crippen LogP contribution >= 0.6 is 11.8 Å². The summed E-state index contributed by atoms with van der Waals surface area (Å²) in [5, 5.41) is 2.53. The highest BCUT2D eigenvalue weighted by Gasteiger charge is 2.34. The Morgan fingerprint density at radius 2 is 1.73 bits per heavy atom. The summed E-state index contributed by atoms with van der Waals surface area (Å²) in [4.78, 5) is 39.5. The Labute approximate surface area is 239 Å². The number of ether oxygens (including phenoxy) is 2. The molecule has 0 saturated carbocycles. The van der Waals surface area contributed by atoms with Crippen LogP contribution in [0.5, 0.6) is 11.5 Å². The van der Waals surface area contributed by atoms with Gasteiger partial charge < -0.3 is 14.8 Å². The van der Waals surface area contributed by atoms with Crippen LogP contribution in [-0.2, 0) is 9.59 Å². The van der Waals surface area contributed by atoms with E-state index in [0.29, 0.717) is 22.1 Å². The maximum Gasteiger partial charge on any atom is 0.293 e. The van der Waals surface area contributed by atoms with E-state index in [2.05, 4.69) is 19.2 Å². The van der Waals surface area contributed by atoms with Crippen molar-refractivity contribution in [1.82, 2.24) is 4.90 Å². The van der Waals surface area contributed by atoms with Crippen molar-refractivity contribution in [3.63, 3.8) is 0 Å². The van der Waals surface area contributed by atoms with E-state index in [1.54, 1.807) is 24.3 Å². The van der Waals surface area contributed by atoms with Gasteiger partial charge in [-0.15, -0.1) is 0 Å². The highest BCUT2D eigenvalue weighted by molar-refractivity contribution is 8.18. The molecule has 208 valence electrons. The SMILES string of the molecule is Cc1ccc(NC(=O)COc2cccc(/C=C3\SC(=O)N(CCOc4cc(C)ccc4C(C)C)C3=O)c2)c(C)c1. The Balaban J connectivity index is 1.34. The van der Waals surface area contributed by atoms with Gasteiger partial charge in [0.15, 0.2) is 6.61 Å². The minimum Gasteiger partial charge on any atom is -0.491 e. The Kier molecular flexibility index (Phi) is 9.32. The quantitative estimate of drug-likeness (QED) is 0.274. The molecule has 1 fully saturated rings. The molecule has 3 aromatic rings. The lowest BCUT2D eigenvalue weighted by Gasteiger charge is -2.17. The highest BCUT2D eigenvalue weighted by Crippen LogP contribution is 2.33. The Morgan fingerprint density at radius 3 is 2.48 bits per heavy atom. The first kappa shape index (κ1) is 29.0. The molecule has 8 heteroatoms. The van der Waals surface area contributed by atoms with Crippen LogP contribution < -0.4 is 14.8 Å². The fourth-order valence-corrected chi connectivity index (χ4v) is 5.18. The zero-order valence-corrected chi connectivity index (χ0v) is 24.3. The third kappa shape index (κ3) is 7.33. The molecule has 0 aromatic heterocycles. The minimum atomic E-state index is -0.355. The van der Waals surface area contributed by atoms with E-state index in [-0.39, 0.29) is 36.8 Å². The topological polar surface area (TPSA) is 84.9 Å². The van der Waals surface area contributed by atoms with E-state index in [4.69, 9.17) is 9.47 Å². The third-order valence-electron chi connectivity index (χ3n) is 6.42. The number of nitrogens with zero attached hydrogens (tertiary/aromatic N) is 1. The second-order valence-electron chi connectivity index (χ2n) is 10.1. The molecule has 0 spiro atoms. The van der Waals surface area contributed by atoms with Gasteiger partial charge in [0.05, 0.1) is 11.4 Å². The summed E-state index contributed by atoms with van der Waals surface area (Å²) in [5.41, 5.74) is 5.71. The number of nitrogens with one attached hydrogen (secondary N) is 1. The van der Waals surface area contributed by atoms with E-state index in [1.165, 1.54) is 4.90 Å². The molecule has 1 aliphatic rings. The van der Waals surface area contributed by atoms with Crippen molar-refractivity contribution in [2.24, 2.45) is 0 Å². The molecular formula is C32H34N2O5S. The normalized spacial score (nSPS) is 14.2. The number of hydrogen-bond acceptors (Lipinski definition) is 6. The largest absolute Gasteiger partial charge is 0.491 e. The number of aryl methyl sites for hydroxylation is 3. The predicted molar refractivity (Wildman–Crippen MR) is 160 cm³/mol. The van der Waals surface area contributed by atoms with Crippen molar-refractivity contribution in [3.05, 3.63) is 93.4 Å². The number of benzene rings is 3. The summed E-state index contributed by atoms with van der Waals surface area (Å²) in [6.45, 7) is 10.3. The first-order valence-electron chi connectivity index (χ1n) is 13.2. The molecule has 7 nitrogen and oxygen atoms in total. The molecule has 4 rings (SSSR count). The van der Waals surface area contributed by atoms with Crippen molar-refractivity contribution in [2.45, 2.75) is 40.5 Å². The smallest absolute Gasteiger partial charge is 0.293 e. The lowest BCUT2D eigenvalue weighted by atomic mass is 10.0. The molecule has 1 aliphatic heterocycles. The van der Waals surface area contributed by atoms with Crippen LogP contribution in [0.3, 0.4) is 0 Å². The average molecular weight is 559 g/mol. The molecule has 0 atom stereocenters. The van der Waals surface area contributed by atoms with Crippen molar-refractivity contribution in [1.29, 1.82) is 0 Å². The average Bonchev–Trinajstić information content (AvgIpc) is 3.16. The lowest BCUT2D eigenvalue weighted by molar-refractivity contribution is -0.123. The van der Waals surface area contributed by atoms with Crippen molar-refractivity contribution in [2.75, 3.05) is 25.1 Å². The molecule has 1 heterocycles. The first-order valence-corrected chi connectivity index (χ1v) is 14.0. The molecule has 0 bridgehead atoms. The van der Waals surface area contributed by atoms with Crippen LogP contribution in [0, 0.1) is 20.8 Å². The standard InChI is InChI=1S/C32H34N2O5S/c1-20(2)26-11-9-22(4)16-28(26)38-14-13-34-31(36)29(40-32(34)37)18-24-7-6-8-25(17-24)39-19-30(35)33-27-12-10-21(3)15-23(27)5/h6-12,15-18,20H,13-14,19H2,1-5H3,(H,33,35)/b29-18-. The number of anilines is 1. The molecule has 0 unspecified atom stereocenters. The molecule has 40 heavy (non-hydrogen) atoms. The van der Waals surface area contributed by atoms with E-state index < -0.39 is 0 Å². The summed E-state index contributed by atoms with van der Waals surface area (Å²) >= 11 is 0.899. The third-order valence-corrected chi connectivity index (χ3v) is 7.33. The van der Waals surface area contributed by atoms with Crippen LogP contribution in [-0.4, -0.2) is 41.7 Å². The summed E-state index contributed by atoms with van der Waals surface area (Å²) in [6, 6.07) is 18.9. The zero-order chi connectivity index (χ0) is 28.8. The Hall–Kier alpha value is -4.04.